The Labute approximate surface area is 143 Å². The molecule has 0 aliphatic carbocycles. The molecule has 2 heterocycles. The van der Waals surface area contributed by atoms with Gasteiger partial charge in [0, 0.05) is 31.6 Å². The maximum absolute atomic E-state index is 11.7. The van der Waals surface area contributed by atoms with Crippen molar-refractivity contribution in [2.45, 2.75) is 18.9 Å². The predicted molar refractivity (Wildman–Crippen MR) is 96.1 cm³/mol. The summed E-state index contributed by atoms with van der Waals surface area (Å²) in [6, 6.07) is 9.98. The monoisotopic (exact) mass is 349 g/mol. The number of pyridine rings is 1. The Morgan fingerprint density at radius 1 is 1.21 bits per heavy atom. The number of ether oxygens (including phenoxy) is 1. The number of benzene rings is 1. The molecular formula is C17H23N3O3S. The van der Waals surface area contributed by atoms with Crippen LogP contribution in [0.3, 0.4) is 0 Å². The molecule has 1 aromatic carbocycles. The average Bonchev–Trinajstić information content (AvgIpc) is 2.59. The van der Waals surface area contributed by atoms with Gasteiger partial charge >= 0.3 is 0 Å². The van der Waals surface area contributed by atoms with E-state index in [4.69, 9.17) is 9.72 Å². The van der Waals surface area contributed by atoms with E-state index in [9.17, 15) is 8.42 Å². The molecule has 24 heavy (non-hydrogen) atoms. The molecule has 1 aromatic heterocycles. The number of nitrogens with zero attached hydrogens (tertiary/aromatic N) is 3. The summed E-state index contributed by atoms with van der Waals surface area (Å²) in [5.41, 5.74) is 0.934. The molecule has 0 unspecified atom stereocenters. The lowest BCUT2D eigenvalue weighted by Crippen LogP contribution is -2.45. The highest BCUT2D eigenvalue weighted by Gasteiger charge is 2.27. The molecule has 0 spiro atoms. The maximum atomic E-state index is 11.7. The minimum absolute atomic E-state index is 0.0703. The van der Waals surface area contributed by atoms with Crippen molar-refractivity contribution >= 4 is 26.7 Å². The number of piperidine rings is 1. The standard InChI is InChI=1S/C17H23N3O3S/c1-19(24(3,21)22)14-8-10-20(11-9-14)17-7-4-13-12-15(23-2)5-6-16(13)18-17/h4-7,12,14H,8-11H2,1-3H3. The van der Waals surface area contributed by atoms with Gasteiger partial charge in [-0.15, -0.1) is 0 Å². The van der Waals surface area contributed by atoms with Gasteiger partial charge in [-0.25, -0.2) is 17.7 Å². The van der Waals surface area contributed by atoms with Gasteiger partial charge in [0.25, 0.3) is 0 Å². The zero-order chi connectivity index (χ0) is 17.3. The van der Waals surface area contributed by atoms with Crippen LogP contribution in [0.2, 0.25) is 0 Å². The number of rotatable bonds is 4. The van der Waals surface area contributed by atoms with Crippen LogP contribution < -0.4 is 9.64 Å². The smallest absolute Gasteiger partial charge is 0.211 e. The molecule has 1 fully saturated rings. The molecule has 0 saturated carbocycles. The Morgan fingerprint density at radius 2 is 1.92 bits per heavy atom. The quantitative estimate of drug-likeness (QED) is 0.846. The van der Waals surface area contributed by atoms with Crippen molar-refractivity contribution in [2.24, 2.45) is 0 Å². The summed E-state index contributed by atoms with van der Waals surface area (Å²) >= 11 is 0. The third-order valence-electron chi connectivity index (χ3n) is 4.71. The van der Waals surface area contributed by atoms with Crippen LogP contribution in [0.5, 0.6) is 5.75 Å². The molecule has 1 aliphatic heterocycles. The summed E-state index contributed by atoms with van der Waals surface area (Å²) in [7, 11) is 0.185. The highest BCUT2D eigenvalue weighted by molar-refractivity contribution is 7.88. The van der Waals surface area contributed by atoms with Gasteiger partial charge in [-0.05, 0) is 43.2 Å². The summed E-state index contributed by atoms with van der Waals surface area (Å²) in [5.74, 6) is 1.76. The topological polar surface area (TPSA) is 62.7 Å². The SMILES string of the molecule is COc1ccc2nc(N3CCC(N(C)S(C)(=O)=O)CC3)ccc2c1. The first-order valence-corrected chi connectivity index (χ1v) is 9.86. The number of hydrogen-bond acceptors (Lipinski definition) is 5. The van der Waals surface area contributed by atoms with Crippen LogP contribution in [-0.4, -0.2) is 57.3 Å². The largest absolute Gasteiger partial charge is 0.497 e. The van der Waals surface area contributed by atoms with E-state index in [-0.39, 0.29) is 6.04 Å². The molecule has 1 saturated heterocycles. The Balaban J connectivity index is 1.73. The number of aromatic nitrogens is 1. The summed E-state index contributed by atoms with van der Waals surface area (Å²) in [5, 5.41) is 1.05. The van der Waals surface area contributed by atoms with Crippen molar-refractivity contribution < 1.29 is 13.2 Å². The second-order valence-corrected chi connectivity index (χ2v) is 8.27. The van der Waals surface area contributed by atoms with Crippen molar-refractivity contribution in [2.75, 3.05) is 38.4 Å². The minimum atomic E-state index is -3.13. The van der Waals surface area contributed by atoms with E-state index in [1.807, 2.05) is 24.3 Å². The summed E-state index contributed by atoms with van der Waals surface area (Å²) in [6.07, 6.45) is 2.89. The fourth-order valence-corrected chi connectivity index (χ4v) is 3.88. The van der Waals surface area contributed by atoms with Crippen LogP contribution in [0.4, 0.5) is 5.82 Å². The highest BCUT2D eigenvalue weighted by Crippen LogP contribution is 2.25. The molecule has 7 heteroatoms. The lowest BCUT2D eigenvalue weighted by atomic mass is 10.1. The summed E-state index contributed by atoms with van der Waals surface area (Å²) in [6.45, 7) is 1.61. The molecule has 0 radical (unpaired) electrons. The molecule has 0 atom stereocenters. The van der Waals surface area contributed by atoms with E-state index in [2.05, 4.69) is 11.0 Å². The van der Waals surface area contributed by atoms with Crippen LogP contribution in [0.1, 0.15) is 12.8 Å². The lowest BCUT2D eigenvalue weighted by molar-refractivity contribution is 0.313. The molecule has 2 aromatic rings. The van der Waals surface area contributed by atoms with Gasteiger partial charge in [0.05, 0.1) is 18.9 Å². The fourth-order valence-electron chi connectivity index (χ4n) is 3.13. The molecule has 0 N–H and O–H groups in total. The van der Waals surface area contributed by atoms with Crippen molar-refractivity contribution in [1.82, 2.24) is 9.29 Å². The second-order valence-electron chi connectivity index (χ2n) is 6.23. The van der Waals surface area contributed by atoms with Gasteiger partial charge in [0.2, 0.25) is 10.0 Å². The summed E-state index contributed by atoms with van der Waals surface area (Å²) in [4.78, 5) is 6.95. The van der Waals surface area contributed by atoms with Crippen LogP contribution in [0.15, 0.2) is 30.3 Å². The van der Waals surface area contributed by atoms with Crippen molar-refractivity contribution in [3.05, 3.63) is 30.3 Å². The maximum Gasteiger partial charge on any atom is 0.211 e. The van der Waals surface area contributed by atoms with Gasteiger partial charge < -0.3 is 9.64 Å². The first kappa shape index (κ1) is 17.0. The number of methoxy groups -OCH3 is 1. The van der Waals surface area contributed by atoms with Crippen LogP contribution in [0.25, 0.3) is 10.9 Å². The molecule has 6 nitrogen and oxygen atoms in total. The van der Waals surface area contributed by atoms with Crippen molar-refractivity contribution in [3.8, 4) is 5.75 Å². The van der Waals surface area contributed by atoms with Gasteiger partial charge in [-0.1, -0.05) is 0 Å². The Morgan fingerprint density at radius 3 is 2.54 bits per heavy atom. The van der Waals surface area contributed by atoms with E-state index >= 15 is 0 Å². The first-order chi connectivity index (χ1) is 11.4. The predicted octanol–water partition coefficient (Wildman–Crippen LogP) is 2.10. The Kier molecular flexibility index (Phi) is 4.64. The summed E-state index contributed by atoms with van der Waals surface area (Å²) < 4.78 is 30.1. The molecule has 130 valence electrons. The second kappa shape index (κ2) is 6.57. The molecule has 3 rings (SSSR count). The Bertz CT molecular complexity index is 830. The first-order valence-electron chi connectivity index (χ1n) is 8.01. The molecule has 0 amide bonds. The number of sulfonamides is 1. The molecular weight excluding hydrogens is 326 g/mol. The Hall–Kier alpha value is -1.86. The minimum Gasteiger partial charge on any atom is -0.497 e. The van der Waals surface area contributed by atoms with E-state index in [1.165, 1.54) is 10.6 Å². The molecule has 0 bridgehead atoms. The van der Waals surface area contributed by atoms with Crippen molar-refractivity contribution in [3.63, 3.8) is 0 Å². The normalized spacial score (nSPS) is 16.8. The number of anilines is 1. The van der Waals surface area contributed by atoms with E-state index in [0.717, 1.165) is 48.4 Å². The van der Waals surface area contributed by atoms with Gasteiger partial charge in [-0.2, -0.15) is 0 Å². The van der Waals surface area contributed by atoms with Crippen LogP contribution >= 0.6 is 0 Å². The average molecular weight is 349 g/mol. The molecule has 1 aliphatic rings. The van der Waals surface area contributed by atoms with Crippen LogP contribution in [-0.2, 0) is 10.0 Å². The van der Waals surface area contributed by atoms with Gasteiger partial charge in [0.15, 0.2) is 0 Å². The van der Waals surface area contributed by atoms with Gasteiger partial charge in [-0.3, -0.25) is 0 Å². The lowest BCUT2D eigenvalue weighted by Gasteiger charge is -2.36. The highest BCUT2D eigenvalue weighted by atomic mass is 32.2. The number of fused-ring (bicyclic) bond motifs is 1. The third kappa shape index (κ3) is 3.47. The fraction of sp³-hybridized carbons (Fsp3) is 0.471. The van der Waals surface area contributed by atoms with E-state index in [0.29, 0.717) is 0 Å². The van der Waals surface area contributed by atoms with Gasteiger partial charge in [0.1, 0.15) is 11.6 Å². The number of hydrogen-bond donors (Lipinski definition) is 0. The van der Waals surface area contributed by atoms with E-state index < -0.39 is 10.0 Å². The zero-order valence-electron chi connectivity index (χ0n) is 14.3. The van der Waals surface area contributed by atoms with Crippen LogP contribution in [0, 0.1) is 0 Å². The van der Waals surface area contributed by atoms with Crippen molar-refractivity contribution in [1.29, 1.82) is 0 Å². The third-order valence-corrected chi connectivity index (χ3v) is 6.05. The van der Waals surface area contributed by atoms with E-state index in [1.54, 1.807) is 14.2 Å². The zero-order valence-corrected chi connectivity index (χ0v) is 15.1.